The third-order valence-corrected chi connectivity index (χ3v) is 2.41. The highest BCUT2D eigenvalue weighted by molar-refractivity contribution is 7.09. The maximum Gasteiger partial charge on any atom is 0.336 e. The number of carbonyl (C=O) groups excluding carboxylic acids is 1. The van der Waals surface area contributed by atoms with Crippen molar-refractivity contribution in [1.82, 2.24) is 9.36 Å². The predicted octanol–water partition coefficient (Wildman–Crippen LogP) is 2.13. The molecule has 2 rings (SSSR count). The summed E-state index contributed by atoms with van der Waals surface area (Å²) in [5.74, 6) is -0.410. The summed E-state index contributed by atoms with van der Waals surface area (Å²) in [7, 11) is 0. The Hall–Kier alpha value is -1.75. The van der Waals surface area contributed by atoms with Gasteiger partial charge in [-0.05, 0) is 11.5 Å². The van der Waals surface area contributed by atoms with E-state index in [4.69, 9.17) is 4.74 Å². The summed E-state index contributed by atoms with van der Waals surface area (Å²) < 4.78 is 8.69. The quantitative estimate of drug-likeness (QED) is 0.727. The van der Waals surface area contributed by atoms with Crippen LogP contribution in [0.1, 0.15) is 6.92 Å². The lowest BCUT2D eigenvalue weighted by Gasteiger charge is -1.92. The van der Waals surface area contributed by atoms with Crippen molar-refractivity contribution in [3.05, 3.63) is 30.3 Å². The highest BCUT2D eigenvalue weighted by Gasteiger charge is 2.08. The van der Waals surface area contributed by atoms with E-state index in [-0.39, 0.29) is 6.01 Å². The third-order valence-electron chi connectivity index (χ3n) is 1.66. The van der Waals surface area contributed by atoms with Crippen LogP contribution in [0.3, 0.4) is 0 Å². The molecular formula is C10H8N2O2S. The average Bonchev–Trinajstić information content (AvgIpc) is 2.67. The number of rotatable bonds is 2. The number of hydrogen-bond acceptors (Lipinski definition) is 5. The second kappa shape index (κ2) is 4.18. The van der Waals surface area contributed by atoms with Crippen LogP contribution in [-0.2, 0) is 4.79 Å². The summed E-state index contributed by atoms with van der Waals surface area (Å²) in [6, 6.07) is 9.74. The minimum Gasteiger partial charge on any atom is -0.390 e. The van der Waals surface area contributed by atoms with Gasteiger partial charge in [0.25, 0.3) is 0 Å². The molecule has 0 unspecified atom stereocenters. The first kappa shape index (κ1) is 9.79. The van der Waals surface area contributed by atoms with Crippen molar-refractivity contribution in [3.8, 4) is 16.6 Å². The molecular weight excluding hydrogens is 212 g/mol. The number of aromatic nitrogens is 2. The summed E-state index contributed by atoms with van der Waals surface area (Å²) in [6.45, 7) is 1.32. The lowest BCUT2D eigenvalue weighted by atomic mass is 10.2. The molecule has 2 aromatic rings. The normalized spacial score (nSPS) is 9.93. The van der Waals surface area contributed by atoms with E-state index in [1.165, 1.54) is 18.5 Å². The van der Waals surface area contributed by atoms with Gasteiger partial charge in [0.2, 0.25) is 0 Å². The van der Waals surface area contributed by atoms with Gasteiger partial charge < -0.3 is 4.74 Å². The first-order valence-corrected chi connectivity index (χ1v) is 5.10. The molecule has 0 aliphatic carbocycles. The molecule has 0 N–H and O–H groups in total. The molecule has 4 nitrogen and oxygen atoms in total. The minimum absolute atomic E-state index is 0.117. The van der Waals surface area contributed by atoms with E-state index in [2.05, 4.69) is 9.36 Å². The van der Waals surface area contributed by atoms with Crippen LogP contribution in [0.4, 0.5) is 0 Å². The Morgan fingerprint density at radius 1 is 1.33 bits per heavy atom. The molecule has 76 valence electrons. The van der Waals surface area contributed by atoms with Crippen molar-refractivity contribution in [2.45, 2.75) is 6.92 Å². The van der Waals surface area contributed by atoms with Gasteiger partial charge in [0.15, 0.2) is 0 Å². The molecule has 0 saturated carbocycles. The molecule has 0 bridgehead atoms. The van der Waals surface area contributed by atoms with Gasteiger partial charge in [-0.1, -0.05) is 30.3 Å². The largest absolute Gasteiger partial charge is 0.390 e. The van der Waals surface area contributed by atoms with E-state index in [0.29, 0.717) is 0 Å². The zero-order chi connectivity index (χ0) is 10.7. The molecule has 0 atom stereocenters. The Morgan fingerprint density at radius 2 is 2.07 bits per heavy atom. The van der Waals surface area contributed by atoms with Crippen LogP contribution in [0.25, 0.3) is 10.6 Å². The summed E-state index contributed by atoms with van der Waals surface area (Å²) >= 11 is 1.21. The van der Waals surface area contributed by atoms with Crippen molar-refractivity contribution >= 4 is 17.5 Å². The topological polar surface area (TPSA) is 52.1 Å². The molecule has 0 aliphatic rings. The average molecular weight is 220 g/mol. The molecule has 1 aromatic heterocycles. The zero-order valence-electron chi connectivity index (χ0n) is 8.01. The van der Waals surface area contributed by atoms with Gasteiger partial charge in [-0.25, -0.2) is 0 Å². The van der Waals surface area contributed by atoms with Gasteiger partial charge >= 0.3 is 12.0 Å². The van der Waals surface area contributed by atoms with Crippen molar-refractivity contribution in [3.63, 3.8) is 0 Å². The maximum atomic E-state index is 10.7. The van der Waals surface area contributed by atoms with Gasteiger partial charge in [-0.3, -0.25) is 4.79 Å². The van der Waals surface area contributed by atoms with Gasteiger partial charge in [0.1, 0.15) is 5.01 Å². The van der Waals surface area contributed by atoms with Crippen LogP contribution in [-0.4, -0.2) is 15.3 Å². The Bertz CT molecular complexity index is 467. The third kappa shape index (κ3) is 2.38. The number of ether oxygens (including phenoxy) is 1. The van der Waals surface area contributed by atoms with Crippen molar-refractivity contribution in [2.24, 2.45) is 0 Å². The van der Waals surface area contributed by atoms with E-state index in [0.717, 1.165) is 10.6 Å². The fraction of sp³-hybridized carbons (Fsp3) is 0.100. The molecule has 1 aromatic carbocycles. The van der Waals surface area contributed by atoms with Crippen LogP contribution in [0, 0.1) is 0 Å². The van der Waals surface area contributed by atoms with E-state index in [1.54, 1.807) is 0 Å². The maximum absolute atomic E-state index is 10.7. The Balaban J connectivity index is 2.24. The summed E-state index contributed by atoms with van der Waals surface area (Å²) in [4.78, 5) is 14.7. The summed E-state index contributed by atoms with van der Waals surface area (Å²) in [5.41, 5.74) is 0.966. The van der Waals surface area contributed by atoms with Gasteiger partial charge in [0.05, 0.1) is 0 Å². The summed E-state index contributed by atoms with van der Waals surface area (Å²) in [5, 5.41) is 0.742. The SMILES string of the molecule is CC(=O)Oc1nsc(-c2ccccc2)n1. The van der Waals surface area contributed by atoms with Crippen LogP contribution in [0.5, 0.6) is 6.01 Å². The van der Waals surface area contributed by atoms with E-state index < -0.39 is 5.97 Å². The van der Waals surface area contributed by atoms with Gasteiger partial charge in [-0.2, -0.15) is 4.98 Å². The Kier molecular flexibility index (Phi) is 2.73. The first-order valence-electron chi connectivity index (χ1n) is 4.33. The number of nitrogens with zero attached hydrogens (tertiary/aromatic N) is 2. The molecule has 1 heterocycles. The van der Waals surface area contributed by atoms with Crippen molar-refractivity contribution in [2.75, 3.05) is 0 Å². The molecule has 0 saturated heterocycles. The van der Waals surface area contributed by atoms with Crippen LogP contribution < -0.4 is 4.74 Å². The summed E-state index contributed by atoms with van der Waals surface area (Å²) in [6.07, 6.45) is 0. The van der Waals surface area contributed by atoms with Gasteiger partial charge in [-0.15, -0.1) is 4.37 Å². The second-order valence-corrected chi connectivity index (χ2v) is 3.59. The molecule has 5 heteroatoms. The molecule has 0 amide bonds. The molecule has 15 heavy (non-hydrogen) atoms. The lowest BCUT2D eigenvalue weighted by Crippen LogP contribution is -2.02. The number of benzene rings is 1. The fourth-order valence-electron chi connectivity index (χ4n) is 1.08. The lowest BCUT2D eigenvalue weighted by molar-refractivity contribution is -0.132. The smallest absolute Gasteiger partial charge is 0.336 e. The Morgan fingerprint density at radius 3 is 2.73 bits per heavy atom. The van der Waals surface area contributed by atoms with Crippen LogP contribution in [0.2, 0.25) is 0 Å². The fourth-order valence-corrected chi connectivity index (χ4v) is 1.68. The molecule has 0 aliphatic heterocycles. The van der Waals surface area contributed by atoms with Gasteiger partial charge in [0, 0.05) is 12.5 Å². The van der Waals surface area contributed by atoms with Crippen LogP contribution >= 0.6 is 11.5 Å². The van der Waals surface area contributed by atoms with Crippen LogP contribution in [0.15, 0.2) is 30.3 Å². The highest BCUT2D eigenvalue weighted by atomic mass is 32.1. The minimum atomic E-state index is -0.410. The van der Waals surface area contributed by atoms with Crippen molar-refractivity contribution < 1.29 is 9.53 Å². The van der Waals surface area contributed by atoms with E-state index >= 15 is 0 Å². The number of hydrogen-bond donors (Lipinski definition) is 0. The monoisotopic (exact) mass is 220 g/mol. The standard InChI is InChI=1S/C10H8N2O2S/c1-7(13)14-10-11-9(15-12-10)8-5-3-2-4-6-8/h2-6H,1H3. The number of carbonyl (C=O) groups is 1. The van der Waals surface area contributed by atoms with Crippen molar-refractivity contribution in [1.29, 1.82) is 0 Å². The second-order valence-electron chi connectivity index (χ2n) is 2.84. The highest BCUT2D eigenvalue weighted by Crippen LogP contribution is 2.23. The first-order chi connectivity index (χ1) is 7.25. The molecule has 0 radical (unpaired) electrons. The Labute approximate surface area is 90.7 Å². The zero-order valence-corrected chi connectivity index (χ0v) is 8.82. The molecule has 0 fully saturated rings. The van der Waals surface area contributed by atoms with E-state index in [1.807, 2.05) is 30.3 Å². The van der Waals surface area contributed by atoms with E-state index in [9.17, 15) is 4.79 Å². The number of esters is 1. The molecule has 0 spiro atoms. The predicted molar refractivity (Wildman–Crippen MR) is 56.7 cm³/mol.